The van der Waals surface area contributed by atoms with Crippen molar-refractivity contribution < 1.29 is 14.3 Å². The Morgan fingerprint density at radius 3 is 2.71 bits per heavy atom. The lowest BCUT2D eigenvalue weighted by molar-refractivity contribution is -0.134. The highest BCUT2D eigenvalue weighted by Gasteiger charge is 2.48. The van der Waals surface area contributed by atoms with Crippen LogP contribution in [0.1, 0.15) is 56.1 Å². The van der Waals surface area contributed by atoms with Gasteiger partial charge in [0.25, 0.3) is 5.91 Å². The summed E-state index contributed by atoms with van der Waals surface area (Å²) in [6.07, 6.45) is 3.32. The molecule has 1 N–H and O–H groups in total. The number of hydrogen-bond donors (Lipinski definition) is 1. The van der Waals surface area contributed by atoms with Crippen molar-refractivity contribution in [2.24, 2.45) is 11.8 Å². The van der Waals surface area contributed by atoms with Crippen molar-refractivity contribution in [2.75, 3.05) is 7.11 Å². The summed E-state index contributed by atoms with van der Waals surface area (Å²) >= 11 is 1.62. The number of aromatic nitrogens is 1. The molecule has 6 nitrogen and oxygen atoms in total. The standard InChI is InChI=1S/C27H33N3O3S/c1-17-6-5-7-21(18(17)2)28-26(32)27(3)16-29-22-12-13-34-24(22)14-23(29)25(31)30(27)15-19-8-10-20(33-4)11-9-19/h8-14,17-18,21H,5-7,15-16H2,1-4H3,(H,28,32)/t17-,18+,21-,27-/m1/s1. The molecule has 1 fully saturated rings. The van der Waals surface area contributed by atoms with Crippen LogP contribution in [0.4, 0.5) is 0 Å². The van der Waals surface area contributed by atoms with Gasteiger partial charge in [0, 0.05) is 12.6 Å². The number of hydrogen-bond acceptors (Lipinski definition) is 4. The van der Waals surface area contributed by atoms with E-state index in [4.69, 9.17) is 4.74 Å². The average molecular weight is 480 g/mol. The molecule has 3 aromatic rings. The lowest BCUT2D eigenvalue weighted by Gasteiger charge is -2.45. The summed E-state index contributed by atoms with van der Waals surface area (Å²) in [4.78, 5) is 29.6. The van der Waals surface area contributed by atoms with Gasteiger partial charge in [-0.2, -0.15) is 0 Å². The minimum atomic E-state index is -1.00. The first-order valence-electron chi connectivity index (χ1n) is 12.1. The van der Waals surface area contributed by atoms with Crippen molar-refractivity contribution in [1.29, 1.82) is 0 Å². The molecular formula is C27H33N3O3S. The molecule has 0 unspecified atom stereocenters. The topological polar surface area (TPSA) is 63.6 Å². The molecule has 7 heteroatoms. The third-order valence-corrected chi connectivity index (χ3v) is 8.91. The third-order valence-electron chi connectivity index (χ3n) is 8.06. The number of rotatable bonds is 5. The Kier molecular flexibility index (Phi) is 5.92. The lowest BCUT2D eigenvalue weighted by atomic mass is 9.77. The van der Waals surface area contributed by atoms with Gasteiger partial charge in [-0.3, -0.25) is 9.59 Å². The molecule has 5 rings (SSSR count). The van der Waals surface area contributed by atoms with Crippen molar-refractivity contribution in [3.8, 4) is 5.75 Å². The van der Waals surface area contributed by atoms with Gasteiger partial charge in [-0.15, -0.1) is 11.3 Å². The van der Waals surface area contributed by atoms with E-state index in [-0.39, 0.29) is 17.9 Å². The number of methoxy groups -OCH3 is 1. The van der Waals surface area contributed by atoms with Crippen molar-refractivity contribution in [1.82, 2.24) is 14.8 Å². The number of nitrogens with zero attached hydrogens (tertiary/aromatic N) is 2. The minimum Gasteiger partial charge on any atom is -0.497 e. The van der Waals surface area contributed by atoms with E-state index in [9.17, 15) is 9.59 Å². The second-order valence-corrected chi connectivity index (χ2v) is 11.1. The number of nitrogens with one attached hydrogen (secondary N) is 1. The van der Waals surface area contributed by atoms with Crippen LogP contribution in [-0.2, 0) is 17.9 Å². The number of thiophene rings is 1. The van der Waals surface area contributed by atoms with Crippen molar-refractivity contribution in [2.45, 2.75) is 64.7 Å². The fourth-order valence-corrected chi connectivity index (χ4v) is 6.37. The Bertz CT molecular complexity index is 1210. The quantitative estimate of drug-likeness (QED) is 0.556. The summed E-state index contributed by atoms with van der Waals surface area (Å²) in [7, 11) is 1.64. The summed E-state index contributed by atoms with van der Waals surface area (Å²) in [5.41, 5.74) is 1.64. The zero-order valence-corrected chi connectivity index (χ0v) is 21.2. The zero-order valence-electron chi connectivity index (χ0n) is 20.3. The SMILES string of the molecule is COc1ccc(CN2C(=O)c3cc4sccc4n3C[C@]2(C)C(=O)N[C@@H]2CCC[C@@H](C)[C@@H]2C)cc1. The molecule has 0 spiro atoms. The van der Waals surface area contributed by atoms with Crippen LogP contribution in [0.25, 0.3) is 10.2 Å². The van der Waals surface area contributed by atoms with Crippen LogP contribution < -0.4 is 10.1 Å². The summed E-state index contributed by atoms with van der Waals surface area (Å²) in [6, 6.07) is 11.8. The van der Waals surface area contributed by atoms with E-state index in [1.807, 2.05) is 53.3 Å². The van der Waals surface area contributed by atoms with Crippen molar-refractivity contribution in [3.63, 3.8) is 0 Å². The molecule has 1 saturated carbocycles. The van der Waals surface area contributed by atoms with E-state index in [0.29, 0.717) is 30.6 Å². The smallest absolute Gasteiger partial charge is 0.271 e. The number of carbonyl (C=O) groups is 2. The van der Waals surface area contributed by atoms with Crippen molar-refractivity contribution in [3.05, 3.63) is 53.0 Å². The van der Waals surface area contributed by atoms with E-state index in [1.54, 1.807) is 23.3 Å². The maximum absolute atomic E-state index is 14.0. The first-order valence-corrected chi connectivity index (χ1v) is 13.0. The Morgan fingerprint density at radius 1 is 1.21 bits per heavy atom. The number of fused-ring (bicyclic) bond motifs is 3. The fourth-order valence-electron chi connectivity index (χ4n) is 5.54. The lowest BCUT2D eigenvalue weighted by Crippen LogP contribution is -2.65. The minimum absolute atomic E-state index is 0.0666. The van der Waals surface area contributed by atoms with E-state index in [0.717, 1.165) is 34.4 Å². The molecule has 1 aromatic carbocycles. The van der Waals surface area contributed by atoms with E-state index < -0.39 is 5.54 Å². The largest absolute Gasteiger partial charge is 0.497 e. The summed E-state index contributed by atoms with van der Waals surface area (Å²) < 4.78 is 8.40. The van der Waals surface area contributed by atoms with Gasteiger partial charge in [0.1, 0.15) is 17.0 Å². The monoisotopic (exact) mass is 479 g/mol. The van der Waals surface area contributed by atoms with Crippen LogP contribution in [0, 0.1) is 11.8 Å². The van der Waals surface area contributed by atoms with Gasteiger partial charge in [0.05, 0.1) is 23.9 Å². The van der Waals surface area contributed by atoms with Crippen LogP contribution in [0.3, 0.4) is 0 Å². The molecule has 2 aliphatic rings. The fraction of sp³-hybridized carbons (Fsp3) is 0.481. The first kappa shape index (κ1) is 23.0. The van der Waals surface area contributed by atoms with Gasteiger partial charge in [-0.05, 0) is 60.4 Å². The summed E-state index contributed by atoms with van der Waals surface area (Å²) in [5, 5.41) is 5.40. The van der Waals surface area contributed by atoms with E-state index in [1.165, 1.54) is 6.42 Å². The zero-order chi connectivity index (χ0) is 24.0. The number of benzene rings is 1. The molecule has 1 aliphatic carbocycles. The highest BCUT2D eigenvalue weighted by Crippen LogP contribution is 2.36. The predicted octanol–water partition coefficient (Wildman–Crippen LogP) is 5.07. The predicted molar refractivity (Wildman–Crippen MR) is 135 cm³/mol. The van der Waals surface area contributed by atoms with Gasteiger partial charge < -0.3 is 19.5 Å². The average Bonchev–Trinajstić information content (AvgIpc) is 3.42. The highest BCUT2D eigenvalue weighted by atomic mass is 32.1. The van der Waals surface area contributed by atoms with Crippen LogP contribution in [0.2, 0.25) is 0 Å². The molecule has 1 aliphatic heterocycles. The molecule has 2 amide bonds. The van der Waals surface area contributed by atoms with E-state index in [2.05, 4.69) is 19.2 Å². The second kappa shape index (κ2) is 8.77. The van der Waals surface area contributed by atoms with Crippen molar-refractivity contribution >= 4 is 33.4 Å². The Morgan fingerprint density at radius 2 is 1.97 bits per heavy atom. The van der Waals surface area contributed by atoms with Gasteiger partial charge in [0.15, 0.2) is 0 Å². The number of ether oxygens (including phenoxy) is 1. The molecule has 2 aromatic heterocycles. The third kappa shape index (κ3) is 3.80. The van der Waals surface area contributed by atoms with Gasteiger partial charge in [0.2, 0.25) is 5.91 Å². The Balaban J connectivity index is 1.51. The normalized spacial score (nSPS) is 27.0. The number of carbonyl (C=O) groups excluding carboxylic acids is 2. The highest BCUT2D eigenvalue weighted by molar-refractivity contribution is 7.17. The molecule has 3 heterocycles. The summed E-state index contributed by atoms with van der Waals surface area (Å²) in [5.74, 6) is 1.60. The molecule has 0 bridgehead atoms. The van der Waals surface area contributed by atoms with Crippen LogP contribution >= 0.6 is 11.3 Å². The first-order chi connectivity index (χ1) is 16.3. The van der Waals surface area contributed by atoms with Gasteiger partial charge >= 0.3 is 0 Å². The summed E-state index contributed by atoms with van der Waals surface area (Å²) in [6.45, 7) is 7.22. The molecular weight excluding hydrogens is 446 g/mol. The second-order valence-electron chi connectivity index (χ2n) is 10.1. The molecule has 180 valence electrons. The molecule has 34 heavy (non-hydrogen) atoms. The van der Waals surface area contributed by atoms with Gasteiger partial charge in [-0.25, -0.2) is 0 Å². The maximum atomic E-state index is 14.0. The van der Waals surface area contributed by atoms with Gasteiger partial charge in [-0.1, -0.05) is 38.8 Å². The van der Waals surface area contributed by atoms with Crippen LogP contribution in [-0.4, -0.2) is 40.0 Å². The maximum Gasteiger partial charge on any atom is 0.271 e. The van der Waals surface area contributed by atoms with Crippen LogP contribution in [0.5, 0.6) is 5.75 Å². The molecule has 0 saturated heterocycles. The Labute approximate surface area is 204 Å². The Hall–Kier alpha value is -2.80. The molecule has 4 atom stereocenters. The molecule has 0 radical (unpaired) electrons. The van der Waals surface area contributed by atoms with Crippen LogP contribution in [0.15, 0.2) is 41.8 Å². The van der Waals surface area contributed by atoms with E-state index >= 15 is 0 Å². The number of amides is 2.